The number of phenols is 1. The van der Waals surface area contributed by atoms with E-state index in [1.807, 2.05) is 36.4 Å². The fraction of sp³-hybridized carbons (Fsp3) is 0.364. The number of rotatable bonds is 6. The van der Waals surface area contributed by atoms with Crippen molar-refractivity contribution in [3.63, 3.8) is 0 Å². The molecule has 0 spiro atoms. The zero-order chi connectivity index (χ0) is 18.4. The van der Waals surface area contributed by atoms with Crippen LogP contribution in [0.4, 0.5) is 0 Å². The van der Waals surface area contributed by atoms with Crippen molar-refractivity contribution in [2.24, 2.45) is 5.92 Å². The zero-order valence-corrected chi connectivity index (χ0v) is 14.9. The number of aromatic hydroxyl groups is 1. The summed E-state index contributed by atoms with van der Waals surface area (Å²) in [7, 11) is 0. The molecular weight excluding hydrogens is 326 g/mol. The van der Waals surface area contributed by atoms with Crippen LogP contribution in [0.5, 0.6) is 5.75 Å². The molecule has 0 radical (unpaired) electrons. The van der Waals surface area contributed by atoms with E-state index in [-0.39, 0.29) is 29.8 Å². The molecule has 0 aromatic heterocycles. The second kappa shape index (κ2) is 8.65. The van der Waals surface area contributed by atoms with Crippen molar-refractivity contribution in [3.8, 4) is 5.75 Å². The molecule has 1 amide bonds. The van der Waals surface area contributed by atoms with Crippen molar-refractivity contribution in [1.29, 1.82) is 0 Å². The van der Waals surface area contributed by atoms with Crippen LogP contribution in [0.1, 0.15) is 30.4 Å². The Kier molecular flexibility index (Phi) is 6.05. The molecule has 0 bridgehead atoms. The van der Waals surface area contributed by atoms with Gasteiger partial charge in [-0.05, 0) is 30.9 Å². The minimum absolute atomic E-state index is 0.0212. The summed E-state index contributed by atoms with van der Waals surface area (Å²) in [5.74, 6) is 0.301. The van der Waals surface area contributed by atoms with Crippen molar-refractivity contribution in [2.75, 3.05) is 13.1 Å². The number of benzene rings is 2. The number of likely N-dealkylation sites (tertiary alicyclic amines) is 1. The van der Waals surface area contributed by atoms with Gasteiger partial charge in [0.2, 0.25) is 5.91 Å². The van der Waals surface area contributed by atoms with E-state index < -0.39 is 0 Å². The predicted octanol–water partition coefficient (Wildman–Crippen LogP) is 3.38. The molecule has 4 nitrogen and oxygen atoms in total. The van der Waals surface area contributed by atoms with E-state index in [0.29, 0.717) is 25.1 Å². The SMILES string of the molecule is O=C(CCc1ccccc1)[C@@H]1CCCN(C(=O)Cc2ccccc2O)C1. The molecule has 2 aromatic rings. The molecule has 0 unspecified atom stereocenters. The summed E-state index contributed by atoms with van der Waals surface area (Å²) >= 11 is 0. The number of para-hydroxylation sites is 1. The second-order valence-electron chi connectivity index (χ2n) is 6.94. The summed E-state index contributed by atoms with van der Waals surface area (Å²) in [6, 6.07) is 16.9. The summed E-state index contributed by atoms with van der Waals surface area (Å²) in [5.41, 5.74) is 1.80. The number of nitrogens with zero attached hydrogens (tertiary/aromatic N) is 1. The Bertz CT molecular complexity index is 757. The molecule has 4 heteroatoms. The first kappa shape index (κ1) is 18.2. The number of aryl methyl sites for hydroxylation is 1. The average Bonchev–Trinajstić information content (AvgIpc) is 2.69. The summed E-state index contributed by atoms with van der Waals surface area (Å²) in [4.78, 5) is 26.9. The van der Waals surface area contributed by atoms with Crippen LogP contribution >= 0.6 is 0 Å². The van der Waals surface area contributed by atoms with Gasteiger partial charge >= 0.3 is 0 Å². The Labute approximate surface area is 154 Å². The number of carbonyl (C=O) groups is 2. The summed E-state index contributed by atoms with van der Waals surface area (Å²) in [5, 5.41) is 9.85. The Morgan fingerprint density at radius 2 is 1.77 bits per heavy atom. The number of hydrogen-bond donors (Lipinski definition) is 1. The molecule has 1 fully saturated rings. The van der Waals surface area contributed by atoms with Crippen LogP contribution in [-0.2, 0) is 22.4 Å². The lowest BCUT2D eigenvalue weighted by Gasteiger charge is -2.32. The summed E-state index contributed by atoms with van der Waals surface area (Å²) < 4.78 is 0. The number of hydrogen-bond acceptors (Lipinski definition) is 3. The quantitative estimate of drug-likeness (QED) is 0.868. The van der Waals surface area contributed by atoms with Crippen molar-refractivity contribution < 1.29 is 14.7 Å². The molecule has 0 aliphatic carbocycles. The minimum Gasteiger partial charge on any atom is -0.508 e. The van der Waals surface area contributed by atoms with Crippen molar-refractivity contribution in [3.05, 3.63) is 65.7 Å². The normalized spacial score (nSPS) is 17.1. The first-order valence-corrected chi connectivity index (χ1v) is 9.25. The van der Waals surface area contributed by atoms with Gasteiger partial charge in [-0.3, -0.25) is 9.59 Å². The van der Waals surface area contributed by atoms with Crippen LogP contribution in [0, 0.1) is 5.92 Å². The molecule has 136 valence electrons. The smallest absolute Gasteiger partial charge is 0.227 e. The number of piperidine rings is 1. The lowest BCUT2D eigenvalue weighted by Crippen LogP contribution is -2.43. The first-order valence-electron chi connectivity index (χ1n) is 9.25. The topological polar surface area (TPSA) is 57.6 Å². The van der Waals surface area contributed by atoms with Gasteiger partial charge in [0.05, 0.1) is 6.42 Å². The van der Waals surface area contributed by atoms with Crippen LogP contribution in [0.25, 0.3) is 0 Å². The number of amides is 1. The van der Waals surface area contributed by atoms with Crippen molar-refractivity contribution >= 4 is 11.7 Å². The highest BCUT2D eigenvalue weighted by molar-refractivity contribution is 5.84. The van der Waals surface area contributed by atoms with Gasteiger partial charge in [0.1, 0.15) is 11.5 Å². The Hall–Kier alpha value is -2.62. The van der Waals surface area contributed by atoms with E-state index in [2.05, 4.69) is 0 Å². The Balaban J connectivity index is 1.54. The highest BCUT2D eigenvalue weighted by Crippen LogP contribution is 2.22. The fourth-order valence-corrected chi connectivity index (χ4v) is 3.52. The number of Topliss-reactive ketones (excluding diaryl/α,β-unsaturated/α-hetero) is 1. The molecule has 1 saturated heterocycles. The fourth-order valence-electron chi connectivity index (χ4n) is 3.52. The third kappa shape index (κ3) is 4.72. The zero-order valence-electron chi connectivity index (χ0n) is 14.9. The molecule has 2 aromatic carbocycles. The van der Waals surface area contributed by atoms with Gasteiger partial charge in [-0.25, -0.2) is 0 Å². The lowest BCUT2D eigenvalue weighted by atomic mass is 9.90. The molecule has 1 aliphatic heterocycles. The molecule has 1 N–H and O–H groups in total. The maximum atomic E-state index is 12.6. The average molecular weight is 351 g/mol. The Morgan fingerprint density at radius 3 is 2.54 bits per heavy atom. The van der Waals surface area contributed by atoms with E-state index in [9.17, 15) is 14.7 Å². The van der Waals surface area contributed by atoms with E-state index in [1.54, 1.807) is 23.1 Å². The molecule has 0 saturated carbocycles. The third-order valence-electron chi connectivity index (χ3n) is 5.07. The molecular formula is C22H25NO3. The molecule has 26 heavy (non-hydrogen) atoms. The minimum atomic E-state index is -0.0687. The summed E-state index contributed by atoms with van der Waals surface area (Å²) in [6.07, 6.45) is 3.16. The maximum Gasteiger partial charge on any atom is 0.227 e. The van der Waals surface area contributed by atoms with Crippen LogP contribution < -0.4 is 0 Å². The summed E-state index contributed by atoms with van der Waals surface area (Å²) in [6.45, 7) is 1.19. The van der Waals surface area contributed by atoms with E-state index in [1.165, 1.54) is 5.56 Å². The van der Waals surface area contributed by atoms with Crippen LogP contribution in [0.3, 0.4) is 0 Å². The molecule has 1 atom stereocenters. The lowest BCUT2D eigenvalue weighted by molar-refractivity contribution is -0.134. The largest absolute Gasteiger partial charge is 0.508 e. The van der Waals surface area contributed by atoms with Gasteiger partial charge < -0.3 is 10.0 Å². The molecule has 3 rings (SSSR count). The standard InChI is InChI=1S/C22H25NO3/c24-20-11-5-4-9-18(20)15-22(26)23-14-6-10-19(16-23)21(25)13-12-17-7-2-1-3-8-17/h1-5,7-9,11,19,24H,6,10,12-16H2/t19-/m1/s1. The molecule has 1 aliphatic rings. The number of carbonyl (C=O) groups excluding carboxylic acids is 2. The van der Waals surface area contributed by atoms with Gasteiger partial charge in [0, 0.05) is 31.0 Å². The first-order chi connectivity index (χ1) is 12.6. The van der Waals surface area contributed by atoms with E-state index >= 15 is 0 Å². The Morgan fingerprint density at radius 1 is 1.04 bits per heavy atom. The van der Waals surface area contributed by atoms with Gasteiger partial charge in [0.25, 0.3) is 0 Å². The monoisotopic (exact) mass is 351 g/mol. The predicted molar refractivity (Wildman–Crippen MR) is 101 cm³/mol. The van der Waals surface area contributed by atoms with Crippen LogP contribution in [0.2, 0.25) is 0 Å². The molecule has 1 heterocycles. The second-order valence-corrected chi connectivity index (χ2v) is 6.94. The number of ketones is 1. The third-order valence-corrected chi connectivity index (χ3v) is 5.07. The van der Waals surface area contributed by atoms with Crippen LogP contribution in [-0.4, -0.2) is 34.8 Å². The maximum absolute atomic E-state index is 12.6. The highest BCUT2D eigenvalue weighted by atomic mass is 16.3. The van der Waals surface area contributed by atoms with Crippen LogP contribution in [0.15, 0.2) is 54.6 Å². The van der Waals surface area contributed by atoms with Gasteiger partial charge in [-0.15, -0.1) is 0 Å². The van der Waals surface area contributed by atoms with Gasteiger partial charge in [-0.2, -0.15) is 0 Å². The van der Waals surface area contributed by atoms with Gasteiger partial charge in [0.15, 0.2) is 0 Å². The van der Waals surface area contributed by atoms with Gasteiger partial charge in [-0.1, -0.05) is 48.5 Å². The number of phenolic OH excluding ortho intramolecular Hbond substituents is 1. The van der Waals surface area contributed by atoms with E-state index in [4.69, 9.17) is 0 Å². The van der Waals surface area contributed by atoms with Crippen molar-refractivity contribution in [1.82, 2.24) is 4.90 Å². The van der Waals surface area contributed by atoms with Crippen molar-refractivity contribution in [2.45, 2.75) is 32.1 Å². The highest BCUT2D eigenvalue weighted by Gasteiger charge is 2.28. The van der Waals surface area contributed by atoms with E-state index in [0.717, 1.165) is 19.3 Å².